The van der Waals surface area contributed by atoms with Gasteiger partial charge in [0.1, 0.15) is 5.75 Å². The summed E-state index contributed by atoms with van der Waals surface area (Å²) in [6.45, 7) is 0. The van der Waals surface area contributed by atoms with E-state index in [0.717, 1.165) is 0 Å². The van der Waals surface area contributed by atoms with E-state index in [4.69, 9.17) is 26.4 Å². The van der Waals surface area contributed by atoms with E-state index < -0.39 is 5.91 Å². The maximum Gasteiger partial charge on any atom is 0.265 e. The Balaban J connectivity index is 1.65. The minimum Gasteiger partial charge on any atom is -0.494 e. The normalized spacial score (nSPS) is 10.1. The van der Waals surface area contributed by atoms with E-state index in [9.17, 15) is 9.59 Å². The molecule has 0 unspecified atom stereocenters. The molecule has 0 radical (unpaired) electrons. The van der Waals surface area contributed by atoms with Crippen LogP contribution in [0.1, 0.15) is 20.0 Å². The molecule has 1 heterocycles. The molecule has 0 aliphatic rings. The number of methoxy groups -OCH3 is 3. The minimum atomic E-state index is -0.407. The van der Waals surface area contributed by atoms with Crippen LogP contribution >= 0.6 is 23.6 Å². The predicted molar refractivity (Wildman–Crippen MR) is 128 cm³/mol. The predicted octanol–water partition coefficient (Wildman–Crippen LogP) is 4.15. The summed E-state index contributed by atoms with van der Waals surface area (Å²) < 4.78 is 15.8. The molecular formula is C22H21N3O5S2. The van der Waals surface area contributed by atoms with Gasteiger partial charge in [0, 0.05) is 17.3 Å². The third-order valence-corrected chi connectivity index (χ3v) is 5.40. The van der Waals surface area contributed by atoms with Crippen LogP contribution in [0.3, 0.4) is 0 Å². The molecule has 3 N–H and O–H groups in total. The number of nitrogens with one attached hydrogen (secondary N) is 3. The molecule has 0 aliphatic heterocycles. The molecular weight excluding hydrogens is 450 g/mol. The number of anilines is 2. The molecule has 0 bridgehead atoms. The number of carbonyl (C=O) groups excluding carboxylic acids is 2. The maximum atomic E-state index is 12.5. The topological polar surface area (TPSA) is 97.9 Å². The first-order chi connectivity index (χ1) is 15.4. The lowest BCUT2D eigenvalue weighted by atomic mass is 10.2. The molecule has 32 heavy (non-hydrogen) atoms. The number of ether oxygens (including phenoxy) is 3. The third-order valence-electron chi connectivity index (χ3n) is 4.33. The van der Waals surface area contributed by atoms with Gasteiger partial charge >= 0.3 is 0 Å². The highest BCUT2D eigenvalue weighted by Gasteiger charge is 2.14. The molecule has 3 aromatic rings. The lowest BCUT2D eigenvalue weighted by Gasteiger charge is -2.14. The van der Waals surface area contributed by atoms with Crippen LogP contribution in [0, 0.1) is 0 Å². The van der Waals surface area contributed by atoms with Crippen molar-refractivity contribution in [2.45, 2.75) is 0 Å². The van der Waals surface area contributed by atoms with Crippen LogP contribution in [0.2, 0.25) is 0 Å². The molecule has 3 rings (SSSR count). The van der Waals surface area contributed by atoms with E-state index in [2.05, 4.69) is 16.0 Å². The first kappa shape index (κ1) is 23.0. The molecule has 2 aromatic carbocycles. The lowest BCUT2D eigenvalue weighted by molar-refractivity contribution is 0.0976. The van der Waals surface area contributed by atoms with Crippen molar-refractivity contribution in [1.82, 2.24) is 5.32 Å². The van der Waals surface area contributed by atoms with Crippen LogP contribution in [0.25, 0.3) is 0 Å². The van der Waals surface area contributed by atoms with Crippen molar-refractivity contribution in [2.24, 2.45) is 0 Å². The standard InChI is InChI=1S/C22H21N3O5S2/c1-28-16-9-6-13(11-18(16)30-3)20(26)25-22(31)23-14-7-8-15(17(12-14)29-2)24-21(27)19-5-4-10-32-19/h4-12H,1-3H3,(H,24,27)(H2,23,25,26,31). The quantitative estimate of drug-likeness (QED) is 0.445. The molecule has 8 nitrogen and oxygen atoms in total. The van der Waals surface area contributed by atoms with Crippen molar-refractivity contribution in [3.63, 3.8) is 0 Å². The average molecular weight is 472 g/mol. The Labute approximate surface area is 194 Å². The van der Waals surface area contributed by atoms with Gasteiger partial charge < -0.3 is 24.8 Å². The highest BCUT2D eigenvalue weighted by molar-refractivity contribution is 7.80. The van der Waals surface area contributed by atoms with Crippen LogP contribution in [-0.2, 0) is 0 Å². The fraction of sp³-hybridized carbons (Fsp3) is 0.136. The fourth-order valence-electron chi connectivity index (χ4n) is 2.78. The van der Waals surface area contributed by atoms with Gasteiger partial charge in [0.15, 0.2) is 16.6 Å². The van der Waals surface area contributed by atoms with Gasteiger partial charge in [-0.05, 0) is 54.0 Å². The molecule has 0 saturated heterocycles. The maximum absolute atomic E-state index is 12.5. The van der Waals surface area contributed by atoms with Gasteiger partial charge in [0.05, 0.1) is 31.9 Å². The average Bonchev–Trinajstić information content (AvgIpc) is 3.34. The molecule has 0 spiro atoms. The first-order valence-corrected chi connectivity index (χ1v) is 10.6. The lowest BCUT2D eigenvalue weighted by Crippen LogP contribution is -2.34. The summed E-state index contributed by atoms with van der Waals surface area (Å²) in [5.74, 6) is 0.757. The van der Waals surface area contributed by atoms with Gasteiger partial charge in [0.25, 0.3) is 11.8 Å². The molecule has 0 saturated carbocycles. The Morgan fingerprint density at radius 3 is 2.25 bits per heavy atom. The number of rotatable bonds is 7. The van der Waals surface area contributed by atoms with Gasteiger partial charge in [-0.2, -0.15) is 0 Å². The summed E-state index contributed by atoms with van der Waals surface area (Å²) in [4.78, 5) is 25.4. The number of hydrogen-bond donors (Lipinski definition) is 3. The van der Waals surface area contributed by atoms with E-state index in [1.54, 1.807) is 48.5 Å². The molecule has 0 aliphatic carbocycles. The van der Waals surface area contributed by atoms with Crippen molar-refractivity contribution in [2.75, 3.05) is 32.0 Å². The van der Waals surface area contributed by atoms with Crippen LogP contribution in [-0.4, -0.2) is 38.3 Å². The highest BCUT2D eigenvalue weighted by Crippen LogP contribution is 2.29. The third kappa shape index (κ3) is 5.54. The molecule has 166 valence electrons. The van der Waals surface area contributed by atoms with Crippen molar-refractivity contribution in [3.8, 4) is 17.2 Å². The summed E-state index contributed by atoms with van der Waals surface area (Å²) in [6.07, 6.45) is 0. The zero-order chi connectivity index (χ0) is 23.1. The number of thiocarbonyl (C=S) groups is 1. The molecule has 0 fully saturated rings. The molecule has 2 amide bonds. The summed E-state index contributed by atoms with van der Waals surface area (Å²) in [6, 6.07) is 13.4. The number of benzene rings is 2. The fourth-order valence-corrected chi connectivity index (χ4v) is 3.61. The monoisotopic (exact) mass is 471 g/mol. The van der Waals surface area contributed by atoms with E-state index >= 15 is 0 Å². The van der Waals surface area contributed by atoms with Crippen molar-refractivity contribution in [1.29, 1.82) is 0 Å². The minimum absolute atomic E-state index is 0.0993. The van der Waals surface area contributed by atoms with E-state index in [1.165, 1.54) is 32.7 Å². The summed E-state index contributed by atoms with van der Waals surface area (Å²) in [5, 5.41) is 10.3. The smallest absolute Gasteiger partial charge is 0.265 e. The van der Waals surface area contributed by atoms with Gasteiger partial charge in [0.2, 0.25) is 0 Å². The zero-order valence-corrected chi connectivity index (χ0v) is 19.2. The number of carbonyl (C=O) groups is 2. The summed E-state index contributed by atoms with van der Waals surface area (Å²) in [7, 11) is 4.51. The second-order valence-corrected chi connectivity index (χ2v) is 7.68. The Hall–Kier alpha value is -3.63. The van der Waals surface area contributed by atoms with E-state index in [1.807, 2.05) is 5.38 Å². The van der Waals surface area contributed by atoms with Crippen molar-refractivity contribution in [3.05, 3.63) is 64.4 Å². The Morgan fingerprint density at radius 2 is 1.59 bits per heavy atom. The van der Waals surface area contributed by atoms with Crippen LogP contribution in [0.15, 0.2) is 53.9 Å². The largest absolute Gasteiger partial charge is 0.494 e. The number of hydrogen-bond acceptors (Lipinski definition) is 7. The van der Waals surface area contributed by atoms with Crippen LogP contribution < -0.4 is 30.2 Å². The van der Waals surface area contributed by atoms with Gasteiger partial charge in [-0.3, -0.25) is 14.9 Å². The van der Waals surface area contributed by atoms with Crippen molar-refractivity contribution >= 4 is 51.9 Å². The summed E-state index contributed by atoms with van der Waals surface area (Å²) in [5.41, 5.74) is 1.45. The van der Waals surface area contributed by atoms with Gasteiger partial charge in [-0.1, -0.05) is 6.07 Å². The van der Waals surface area contributed by atoms with Gasteiger partial charge in [-0.25, -0.2) is 0 Å². The van der Waals surface area contributed by atoms with Crippen LogP contribution in [0.5, 0.6) is 17.2 Å². The van der Waals surface area contributed by atoms with E-state index in [0.29, 0.717) is 39.1 Å². The molecule has 1 aromatic heterocycles. The van der Waals surface area contributed by atoms with Crippen LogP contribution in [0.4, 0.5) is 11.4 Å². The Morgan fingerprint density at radius 1 is 0.844 bits per heavy atom. The SMILES string of the molecule is COc1cc(NC(=S)NC(=O)c2ccc(OC)c(OC)c2)ccc1NC(=O)c1cccs1. The molecule has 10 heteroatoms. The second kappa shape index (κ2) is 10.6. The van der Waals surface area contributed by atoms with Gasteiger partial charge in [-0.15, -0.1) is 11.3 Å². The molecule has 0 atom stereocenters. The van der Waals surface area contributed by atoms with E-state index in [-0.39, 0.29) is 11.0 Å². The first-order valence-electron chi connectivity index (χ1n) is 9.32. The highest BCUT2D eigenvalue weighted by atomic mass is 32.1. The second-order valence-electron chi connectivity index (χ2n) is 6.32. The Kier molecular flexibility index (Phi) is 7.63. The Bertz CT molecular complexity index is 1130. The number of thiophene rings is 1. The zero-order valence-electron chi connectivity index (χ0n) is 17.6. The number of amides is 2. The van der Waals surface area contributed by atoms with Crippen molar-refractivity contribution < 1.29 is 23.8 Å². The summed E-state index contributed by atoms with van der Waals surface area (Å²) >= 11 is 6.60.